The fourth-order valence-electron chi connectivity index (χ4n) is 3.59. The largest absolute Gasteiger partial charge is 0.354 e. The predicted octanol–water partition coefficient (Wildman–Crippen LogP) is 3.35. The lowest BCUT2D eigenvalue weighted by Gasteiger charge is -2.26. The summed E-state index contributed by atoms with van der Waals surface area (Å²) in [5.74, 6) is 1.79. The molecule has 0 aliphatic carbocycles. The maximum absolute atomic E-state index is 12.3. The minimum absolute atomic E-state index is 0.0121. The Balaban J connectivity index is 1.86. The maximum atomic E-state index is 12.3. The molecule has 5 nitrogen and oxygen atoms in total. The standard InChI is InChI=1S/C21H27ClN4O/c1-15(22)21(27)26-11-7-10-25(12-13-26)20-19(16(2)23-17(3)24-20)14-18-8-5-4-6-9-18/h4-6,8-9,15H,7,10-14H2,1-3H3. The number of amides is 1. The van der Waals surface area contributed by atoms with Crippen molar-refractivity contribution in [2.24, 2.45) is 0 Å². The molecule has 0 saturated carbocycles. The number of hydrogen-bond acceptors (Lipinski definition) is 4. The molecule has 1 aromatic carbocycles. The van der Waals surface area contributed by atoms with Crippen LogP contribution < -0.4 is 4.90 Å². The molecule has 1 unspecified atom stereocenters. The normalized spacial score (nSPS) is 16.1. The van der Waals surface area contributed by atoms with Crippen LogP contribution in [0.4, 0.5) is 5.82 Å². The van der Waals surface area contributed by atoms with Gasteiger partial charge in [0.1, 0.15) is 17.0 Å². The third-order valence-corrected chi connectivity index (χ3v) is 5.16. The van der Waals surface area contributed by atoms with Crippen LogP contribution in [0.2, 0.25) is 0 Å². The highest BCUT2D eigenvalue weighted by Gasteiger charge is 2.24. The van der Waals surface area contributed by atoms with Crippen LogP contribution in [0.1, 0.15) is 36.0 Å². The van der Waals surface area contributed by atoms with Gasteiger partial charge in [0.2, 0.25) is 5.91 Å². The third kappa shape index (κ3) is 4.78. The summed E-state index contributed by atoms with van der Waals surface area (Å²) >= 11 is 6.00. The number of anilines is 1. The van der Waals surface area contributed by atoms with Crippen molar-refractivity contribution in [3.8, 4) is 0 Å². The van der Waals surface area contributed by atoms with Crippen molar-refractivity contribution in [3.63, 3.8) is 0 Å². The molecule has 3 rings (SSSR count). The summed E-state index contributed by atoms with van der Waals surface area (Å²) in [6, 6.07) is 10.4. The van der Waals surface area contributed by atoms with Gasteiger partial charge >= 0.3 is 0 Å². The number of aryl methyl sites for hydroxylation is 2. The van der Waals surface area contributed by atoms with Crippen LogP contribution in [0, 0.1) is 13.8 Å². The Kier molecular flexibility index (Phi) is 6.32. The van der Waals surface area contributed by atoms with Gasteiger partial charge in [-0.1, -0.05) is 30.3 Å². The van der Waals surface area contributed by atoms with Gasteiger partial charge in [-0.15, -0.1) is 11.6 Å². The minimum atomic E-state index is -0.478. The van der Waals surface area contributed by atoms with E-state index in [1.165, 1.54) is 5.56 Å². The number of rotatable bonds is 4. The van der Waals surface area contributed by atoms with E-state index in [9.17, 15) is 4.79 Å². The van der Waals surface area contributed by atoms with Crippen LogP contribution >= 0.6 is 11.6 Å². The first-order chi connectivity index (χ1) is 13.0. The molecular formula is C21H27ClN4O. The van der Waals surface area contributed by atoms with Crippen molar-refractivity contribution < 1.29 is 4.79 Å². The van der Waals surface area contributed by atoms with Gasteiger partial charge in [-0.2, -0.15) is 0 Å². The number of nitrogens with zero attached hydrogens (tertiary/aromatic N) is 4. The van der Waals surface area contributed by atoms with Gasteiger partial charge in [-0.05, 0) is 32.8 Å². The second-order valence-corrected chi connectivity index (χ2v) is 7.76. The lowest BCUT2D eigenvalue weighted by Crippen LogP contribution is -2.39. The molecule has 1 saturated heterocycles. The zero-order valence-corrected chi connectivity index (χ0v) is 17.0. The average Bonchev–Trinajstić information content (AvgIpc) is 2.90. The zero-order chi connectivity index (χ0) is 19.4. The molecule has 0 N–H and O–H groups in total. The highest BCUT2D eigenvalue weighted by Crippen LogP contribution is 2.25. The van der Waals surface area contributed by atoms with Crippen molar-refractivity contribution >= 4 is 23.3 Å². The molecule has 144 valence electrons. The smallest absolute Gasteiger partial charge is 0.240 e. The fraction of sp³-hybridized carbons (Fsp3) is 0.476. The minimum Gasteiger partial charge on any atom is -0.354 e. The maximum Gasteiger partial charge on any atom is 0.240 e. The monoisotopic (exact) mass is 386 g/mol. The van der Waals surface area contributed by atoms with Gasteiger partial charge in [0.15, 0.2) is 0 Å². The molecule has 2 aromatic rings. The molecule has 1 aromatic heterocycles. The number of benzene rings is 1. The second kappa shape index (κ2) is 8.70. The van der Waals surface area contributed by atoms with Crippen molar-refractivity contribution in [2.45, 2.75) is 39.0 Å². The second-order valence-electron chi connectivity index (χ2n) is 7.10. The summed E-state index contributed by atoms with van der Waals surface area (Å²) in [7, 11) is 0. The Morgan fingerprint density at radius 3 is 2.56 bits per heavy atom. The quantitative estimate of drug-likeness (QED) is 0.756. The Labute approximate surface area is 166 Å². The van der Waals surface area contributed by atoms with Crippen LogP contribution in [-0.2, 0) is 11.2 Å². The molecule has 6 heteroatoms. The zero-order valence-electron chi connectivity index (χ0n) is 16.3. The van der Waals surface area contributed by atoms with Crippen LogP contribution in [0.25, 0.3) is 0 Å². The van der Waals surface area contributed by atoms with Crippen molar-refractivity contribution in [1.82, 2.24) is 14.9 Å². The van der Waals surface area contributed by atoms with Crippen molar-refractivity contribution in [2.75, 3.05) is 31.1 Å². The van der Waals surface area contributed by atoms with Crippen molar-refractivity contribution in [3.05, 3.63) is 53.0 Å². The first-order valence-corrected chi connectivity index (χ1v) is 9.95. The summed E-state index contributed by atoms with van der Waals surface area (Å²) < 4.78 is 0. The topological polar surface area (TPSA) is 49.3 Å². The van der Waals surface area contributed by atoms with E-state index in [0.717, 1.165) is 55.4 Å². The Morgan fingerprint density at radius 2 is 1.85 bits per heavy atom. The Morgan fingerprint density at radius 1 is 1.11 bits per heavy atom. The highest BCUT2D eigenvalue weighted by molar-refractivity contribution is 6.30. The summed E-state index contributed by atoms with van der Waals surface area (Å²) in [6.07, 6.45) is 1.71. The number of aromatic nitrogens is 2. The van der Waals surface area contributed by atoms with Gasteiger partial charge < -0.3 is 9.80 Å². The van der Waals surface area contributed by atoms with Gasteiger partial charge in [-0.25, -0.2) is 9.97 Å². The lowest BCUT2D eigenvalue weighted by molar-refractivity contribution is -0.130. The number of alkyl halides is 1. The van der Waals surface area contributed by atoms with E-state index in [-0.39, 0.29) is 5.91 Å². The third-order valence-electron chi connectivity index (χ3n) is 4.97. The molecule has 1 fully saturated rings. The molecule has 1 atom stereocenters. The van der Waals surface area contributed by atoms with E-state index in [4.69, 9.17) is 16.6 Å². The molecule has 1 aliphatic rings. The summed E-state index contributed by atoms with van der Waals surface area (Å²) in [5.41, 5.74) is 3.43. The van der Waals surface area contributed by atoms with Crippen molar-refractivity contribution in [1.29, 1.82) is 0 Å². The van der Waals surface area contributed by atoms with Gasteiger partial charge in [0.05, 0.1) is 0 Å². The van der Waals surface area contributed by atoms with Crippen LogP contribution in [0.3, 0.4) is 0 Å². The molecular weight excluding hydrogens is 360 g/mol. The fourth-order valence-corrected chi connectivity index (χ4v) is 3.73. The van der Waals surface area contributed by atoms with E-state index < -0.39 is 5.38 Å². The lowest BCUT2D eigenvalue weighted by atomic mass is 10.0. The number of halogens is 1. The summed E-state index contributed by atoms with van der Waals surface area (Å²) in [6.45, 7) is 8.77. The van der Waals surface area contributed by atoms with Gasteiger partial charge in [0, 0.05) is 43.9 Å². The van der Waals surface area contributed by atoms with Crippen LogP contribution in [0.15, 0.2) is 30.3 Å². The van der Waals surface area contributed by atoms with Crippen LogP contribution in [0.5, 0.6) is 0 Å². The molecule has 0 bridgehead atoms. The Bertz CT molecular complexity index is 794. The van der Waals surface area contributed by atoms with Gasteiger partial charge in [-0.3, -0.25) is 4.79 Å². The van der Waals surface area contributed by atoms with E-state index in [1.54, 1.807) is 6.92 Å². The number of hydrogen-bond donors (Lipinski definition) is 0. The highest BCUT2D eigenvalue weighted by atomic mass is 35.5. The summed E-state index contributed by atoms with van der Waals surface area (Å²) in [5, 5.41) is -0.478. The average molecular weight is 387 g/mol. The summed E-state index contributed by atoms with van der Waals surface area (Å²) in [4.78, 5) is 25.8. The molecule has 1 amide bonds. The Hall–Kier alpha value is -2.14. The molecule has 2 heterocycles. The molecule has 0 spiro atoms. The van der Waals surface area contributed by atoms with E-state index in [2.05, 4.69) is 41.1 Å². The molecule has 1 aliphatic heterocycles. The van der Waals surface area contributed by atoms with Gasteiger partial charge in [0.25, 0.3) is 0 Å². The predicted molar refractivity (Wildman–Crippen MR) is 109 cm³/mol. The van der Waals surface area contributed by atoms with E-state index in [0.29, 0.717) is 6.54 Å². The number of carbonyl (C=O) groups is 1. The van der Waals surface area contributed by atoms with Crippen LogP contribution in [-0.4, -0.2) is 52.3 Å². The SMILES string of the molecule is Cc1nc(C)c(Cc2ccccc2)c(N2CCCN(C(=O)C(C)Cl)CC2)n1. The molecule has 27 heavy (non-hydrogen) atoms. The number of carbonyl (C=O) groups excluding carboxylic acids is 1. The van der Waals surface area contributed by atoms with E-state index in [1.807, 2.05) is 17.9 Å². The first kappa shape index (κ1) is 19.6. The van der Waals surface area contributed by atoms with E-state index >= 15 is 0 Å². The molecule has 0 radical (unpaired) electrons. The first-order valence-electron chi connectivity index (χ1n) is 9.51.